The van der Waals surface area contributed by atoms with Gasteiger partial charge in [0.2, 0.25) is 0 Å². The highest BCUT2D eigenvalue weighted by Gasteiger charge is 2.15. The molecule has 0 atom stereocenters. The fourth-order valence-electron chi connectivity index (χ4n) is 1.66. The van der Waals surface area contributed by atoms with Crippen LogP contribution >= 0.6 is 11.3 Å². The SMILES string of the molecule is COc1ccc(NC(=O)c2ccc(C(=O)O)s2)c(OC)c1. The number of carboxylic acids is 1. The molecule has 7 heteroatoms. The van der Waals surface area contributed by atoms with Crippen molar-refractivity contribution in [3.8, 4) is 11.5 Å². The molecule has 0 saturated carbocycles. The number of aromatic carboxylic acids is 1. The van der Waals surface area contributed by atoms with E-state index >= 15 is 0 Å². The Balaban J connectivity index is 2.20. The number of hydrogen-bond acceptors (Lipinski definition) is 5. The fourth-order valence-corrected chi connectivity index (χ4v) is 2.40. The Morgan fingerprint density at radius 3 is 2.38 bits per heavy atom. The number of hydrogen-bond donors (Lipinski definition) is 2. The number of carbonyl (C=O) groups excluding carboxylic acids is 1. The number of methoxy groups -OCH3 is 2. The maximum atomic E-state index is 12.1. The fraction of sp³-hybridized carbons (Fsp3) is 0.143. The van der Waals surface area contributed by atoms with Crippen molar-refractivity contribution in [2.75, 3.05) is 19.5 Å². The lowest BCUT2D eigenvalue weighted by molar-refractivity contribution is 0.0702. The first kappa shape index (κ1) is 14.9. The van der Waals surface area contributed by atoms with Gasteiger partial charge in [-0.25, -0.2) is 4.79 Å². The van der Waals surface area contributed by atoms with Gasteiger partial charge in [-0.1, -0.05) is 0 Å². The molecule has 1 aromatic carbocycles. The molecular formula is C14H13NO5S. The minimum atomic E-state index is -1.05. The van der Waals surface area contributed by atoms with E-state index in [1.807, 2.05) is 0 Å². The lowest BCUT2D eigenvalue weighted by Gasteiger charge is -2.10. The lowest BCUT2D eigenvalue weighted by atomic mass is 10.2. The number of amides is 1. The molecule has 21 heavy (non-hydrogen) atoms. The van der Waals surface area contributed by atoms with Gasteiger partial charge in [-0.2, -0.15) is 0 Å². The van der Waals surface area contributed by atoms with E-state index in [1.165, 1.54) is 26.4 Å². The third kappa shape index (κ3) is 3.32. The first-order valence-corrected chi connectivity index (χ1v) is 6.73. The molecule has 0 radical (unpaired) electrons. The number of rotatable bonds is 5. The van der Waals surface area contributed by atoms with E-state index in [4.69, 9.17) is 14.6 Å². The molecule has 1 aromatic heterocycles. The van der Waals surface area contributed by atoms with Crippen molar-refractivity contribution in [1.29, 1.82) is 0 Å². The summed E-state index contributed by atoms with van der Waals surface area (Å²) in [4.78, 5) is 23.3. The Kier molecular flexibility index (Phi) is 4.44. The number of anilines is 1. The van der Waals surface area contributed by atoms with Crippen LogP contribution in [0, 0.1) is 0 Å². The van der Waals surface area contributed by atoms with Crippen molar-refractivity contribution in [3.63, 3.8) is 0 Å². The zero-order valence-electron chi connectivity index (χ0n) is 11.4. The number of carbonyl (C=O) groups is 2. The predicted molar refractivity (Wildman–Crippen MR) is 78.8 cm³/mol. The van der Waals surface area contributed by atoms with Gasteiger partial charge in [0.05, 0.1) is 24.8 Å². The zero-order chi connectivity index (χ0) is 15.4. The summed E-state index contributed by atoms with van der Waals surface area (Å²) < 4.78 is 10.3. The molecule has 0 bridgehead atoms. The molecule has 2 rings (SSSR count). The van der Waals surface area contributed by atoms with Gasteiger partial charge >= 0.3 is 5.97 Å². The van der Waals surface area contributed by atoms with Gasteiger partial charge in [-0.05, 0) is 24.3 Å². The quantitative estimate of drug-likeness (QED) is 0.887. The van der Waals surface area contributed by atoms with Crippen molar-refractivity contribution < 1.29 is 24.2 Å². The first-order valence-electron chi connectivity index (χ1n) is 5.91. The Bertz CT molecular complexity index is 680. The minimum Gasteiger partial charge on any atom is -0.497 e. The number of ether oxygens (including phenoxy) is 2. The van der Waals surface area contributed by atoms with Crippen LogP contribution in [-0.4, -0.2) is 31.2 Å². The highest BCUT2D eigenvalue weighted by Crippen LogP contribution is 2.30. The van der Waals surface area contributed by atoms with Crippen LogP contribution in [0.1, 0.15) is 19.3 Å². The Morgan fingerprint density at radius 2 is 1.81 bits per heavy atom. The van der Waals surface area contributed by atoms with Crippen LogP contribution in [0.3, 0.4) is 0 Å². The van der Waals surface area contributed by atoms with E-state index in [1.54, 1.807) is 18.2 Å². The zero-order valence-corrected chi connectivity index (χ0v) is 12.2. The van der Waals surface area contributed by atoms with Gasteiger partial charge in [0.1, 0.15) is 16.4 Å². The molecule has 1 heterocycles. The smallest absolute Gasteiger partial charge is 0.345 e. The summed E-state index contributed by atoms with van der Waals surface area (Å²) in [6, 6.07) is 7.86. The van der Waals surface area contributed by atoms with Gasteiger partial charge in [0.15, 0.2) is 0 Å². The highest BCUT2D eigenvalue weighted by atomic mass is 32.1. The van der Waals surface area contributed by atoms with Gasteiger partial charge in [0.25, 0.3) is 5.91 Å². The van der Waals surface area contributed by atoms with Gasteiger partial charge in [0, 0.05) is 6.07 Å². The third-order valence-corrected chi connectivity index (χ3v) is 3.77. The predicted octanol–water partition coefficient (Wildman–Crippen LogP) is 2.72. The molecule has 6 nitrogen and oxygen atoms in total. The van der Waals surface area contributed by atoms with Crippen molar-refractivity contribution in [3.05, 3.63) is 40.1 Å². The van der Waals surface area contributed by atoms with E-state index in [2.05, 4.69) is 5.32 Å². The second-order valence-electron chi connectivity index (χ2n) is 3.99. The summed E-state index contributed by atoms with van der Waals surface area (Å²) in [6.07, 6.45) is 0. The average Bonchev–Trinajstić information content (AvgIpc) is 2.97. The van der Waals surface area contributed by atoms with Gasteiger partial charge < -0.3 is 19.9 Å². The Hall–Kier alpha value is -2.54. The summed E-state index contributed by atoms with van der Waals surface area (Å²) in [5.74, 6) is -0.385. The van der Waals surface area contributed by atoms with Crippen molar-refractivity contribution >= 4 is 28.9 Å². The Labute approximate surface area is 124 Å². The van der Waals surface area contributed by atoms with E-state index in [-0.39, 0.29) is 4.88 Å². The van der Waals surface area contributed by atoms with E-state index in [0.717, 1.165) is 11.3 Å². The topological polar surface area (TPSA) is 84.9 Å². The molecular weight excluding hydrogens is 294 g/mol. The summed E-state index contributed by atoms with van der Waals surface area (Å²) >= 11 is 0.912. The first-order chi connectivity index (χ1) is 10.0. The number of thiophene rings is 1. The maximum absolute atomic E-state index is 12.1. The highest BCUT2D eigenvalue weighted by molar-refractivity contribution is 7.15. The molecule has 1 amide bonds. The molecule has 2 aromatic rings. The van der Waals surface area contributed by atoms with Gasteiger partial charge in [-0.15, -0.1) is 11.3 Å². The van der Waals surface area contributed by atoms with E-state index in [9.17, 15) is 9.59 Å². The molecule has 0 aliphatic rings. The second-order valence-corrected chi connectivity index (χ2v) is 5.07. The molecule has 0 aliphatic heterocycles. The largest absolute Gasteiger partial charge is 0.497 e. The van der Waals surface area contributed by atoms with Crippen LogP contribution in [0.15, 0.2) is 30.3 Å². The third-order valence-electron chi connectivity index (χ3n) is 2.70. The Morgan fingerprint density at radius 1 is 1.10 bits per heavy atom. The van der Waals surface area contributed by atoms with Crippen LogP contribution in [-0.2, 0) is 0 Å². The van der Waals surface area contributed by atoms with Gasteiger partial charge in [-0.3, -0.25) is 4.79 Å². The van der Waals surface area contributed by atoms with Crippen molar-refractivity contribution in [2.24, 2.45) is 0 Å². The number of benzene rings is 1. The molecule has 110 valence electrons. The second kappa shape index (κ2) is 6.27. The summed E-state index contributed by atoms with van der Waals surface area (Å²) in [6.45, 7) is 0. The number of carboxylic acid groups (broad SMARTS) is 1. The lowest BCUT2D eigenvalue weighted by Crippen LogP contribution is -2.11. The standard InChI is InChI=1S/C14H13NO5S/c1-19-8-3-4-9(10(7-8)20-2)15-13(16)11-5-6-12(21-11)14(17)18/h3-7H,1-2H3,(H,15,16)(H,17,18). The summed E-state index contributed by atoms with van der Waals surface area (Å²) in [5.41, 5.74) is 0.480. The molecule has 0 fully saturated rings. The molecule has 0 aliphatic carbocycles. The average molecular weight is 307 g/mol. The molecule has 0 unspecified atom stereocenters. The molecule has 0 spiro atoms. The van der Waals surface area contributed by atoms with Crippen molar-refractivity contribution in [1.82, 2.24) is 0 Å². The number of nitrogens with one attached hydrogen (secondary N) is 1. The molecule has 2 N–H and O–H groups in total. The van der Waals surface area contributed by atoms with E-state index in [0.29, 0.717) is 22.1 Å². The van der Waals surface area contributed by atoms with E-state index < -0.39 is 11.9 Å². The van der Waals surface area contributed by atoms with Crippen LogP contribution in [0.25, 0.3) is 0 Å². The molecule has 0 saturated heterocycles. The minimum absolute atomic E-state index is 0.113. The van der Waals surface area contributed by atoms with Crippen LogP contribution < -0.4 is 14.8 Å². The van der Waals surface area contributed by atoms with Crippen molar-refractivity contribution in [2.45, 2.75) is 0 Å². The van der Waals surface area contributed by atoms with Crippen LogP contribution in [0.2, 0.25) is 0 Å². The summed E-state index contributed by atoms with van der Waals surface area (Å²) in [5, 5.41) is 11.5. The maximum Gasteiger partial charge on any atom is 0.345 e. The van der Waals surface area contributed by atoms with Crippen LogP contribution in [0.5, 0.6) is 11.5 Å². The summed E-state index contributed by atoms with van der Waals surface area (Å²) in [7, 11) is 3.02. The monoisotopic (exact) mass is 307 g/mol. The van der Waals surface area contributed by atoms with Crippen LogP contribution in [0.4, 0.5) is 5.69 Å². The normalized spacial score (nSPS) is 10.0.